The van der Waals surface area contributed by atoms with E-state index < -0.39 is 15.3 Å². The van der Waals surface area contributed by atoms with Crippen LogP contribution in [0, 0.1) is 0 Å². The molecule has 0 unspecified atom stereocenters. The molecule has 0 spiro atoms. The van der Waals surface area contributed by atoms with Crippen LogP contribution >= 0.6 is 0 Å². The van der Waals surface area contributed by atoms with Gasteiger partial charge in [-0.3, -0.25) is 4.79 Å². The number of hydrogen-bond donors (Lipinski definition) is 3. The van der Waals surface area contributed by atoms with Crippen LogP contribution in [0.2, 0.25) is 0 Å². The molecular formula is C14H23N3O3S. The second-order valence-corrected chi connectivity index (χ2v) is 7.44. The Balaban J connectivity index is 2.21. The van der Waals surface area contributed by atoms with Gasteiger partial charge in [-0.1, -0.05) is 0 Å². The number of carbonyl (C=O) groups is 1. The summed E-state index contributed by atoms with van der Waals surface area (Å²) in [6, 6.07) is 6.92. The van der Waals surface area contributed by atoms with Crippen molar-refractivity contribution >= 4 is 27.3 Å². The Hall–Kier alpha value is -1.60. The summed E-state index contributed by atoms with van der Waals surface area (Å²) in [5.41, 5.74) is 6.91. The van der Waals surface area contributed by atoms with Crippen LogP contribution in [0.5, 0.6) is 0 Å². The van der Waals surface area contributed by atoms with Gasteiger partial charge in [-0.05, 0) is 51.0 Å². The number of benzene rings is 1. The first-order valence-corrected chi connectivity index (χ1v) is 8.50. The predicted molar refractivity (Wildman–Crippen MR) is 85.4 cm³/mol. The highest BCUT2D eigenvalue weighted by Gasteiger charge is 2.14. The lowest BCUT2D eigenvalue weighted by atomic mass is 10.2. The molecule has 4 N–H and O–H groups in total. The van der Waals surface area contributed by atoms with Gasteiger partial charge in [0.15, 0.2) is 0 Å². The van der Waals surface area contributed by atoms with E-state index in [9.17, 15) is 13.2 Å². The van der Waals surface area contributed by atoms with E-state index in [-0.39, 0.29) is 5.91 Å². The van der Waals surface area contributed by atoms with Crippen LogP contribution in [0.15, 0.2) is 24.3 Å². The highest BCUT2D eigenvalue weighted by molar-refractivity contribution is 7.90. The molecule has 1 rings (SSSR count). The summed E-state index contributed by atoms with van der Waals surface area (Å²) >= 11 is 0. The van der Waals surface area contributed by atoms with Crippen molar-refractivity contribution in [1.82, 2.24) is 4.72 Å². The molecule has 1 aromatic rings. The number of amides is 1. The Labute approximate surface area is 126 Å². The number of sulfonamides is 1. The average molecular weight is 313 g/mol. The monoisotopic (exact) mass is 313 g/mol. The van der Waals surface area contributed by atoms with Crippen LogP contribution in [-0.4, -0.2) is 26.1 Å². The second kappa shape index (κ2) is 7.99. The van der Waals surface area contributed by atoms with Gasteiger partial charge in [0.2, 0.25) is 15.9 Å². The van der Waals surface area contributed by atoms with Gasteiger partial charge >= 0.3 is 0 Å². The Kier molecular flexibility index (Phi) is 6.64. The number of nitrogens with two attached hydrogens (primary N) is 1. The van der Waals surface area contributed by atoms with Crippen LogP contribution in [0.3, 0.4) is 0 Å². The minimum Gasteiger partial charge on any atom is -0.399 e. The zero-order valence-corrected chi connectivity index (χ0v) is 13.2. The van der Waals surface area contributed by atoms with Gasteiger partial charge in [-0.15, -0.1) is 0 Å². The summed E-state index contributed by atoms with van der Waals surface area (Å²) in [4.78, 5) is 11.7. The summed E-state index contributed by atoms with van der Waals surface area (Å²) in [7, 11) is -3.21. The first-order chi connectivity index (χ1) is 9.81. The zero-order valence-electron chi connectivity index (χ0n) is 12.4. The molecule has 0 fully saturated rings. The molecule has 118 valence electrons. The number of anilines is 2. The fraction of sp³-hybridized carbons (Fsp3) is 0.500. The standard InChI is InChI=1S/C14H23N3O3S/c1-11(2)21(19,20)16-10-4-3-5-14(18)17-13-8-6-12(15)7-9-13/h6-9,11,16H,3-5,10,15H2,1-2H3,(H,17,18). The van der Waals surface area contributed by atoms with Gasteiger partial charge < -0.3 is 11.1 Å². The molecule has 0 bridgehead atoms. The van der Waals surface area contributed by atoms with Crippen molar-refractivity contribution in [1.29, 1.82) is 0 Å². The van der Waals surface area contributed by atoms with Crippen LogP contribution in [0.4, 0.5) is 11.4 Å². The van der Waals surface area contributed by atoms with Crippen molar-refractivity contribution < 1.29 is 13.2 Å². The van der Waals surface area contributed by atoms with Gasteiger partial charge in [0, 0.05) is 24.3 Å². The zero-order chi connectivity index (χ0) is 15.9. The summed E-state index contributed by atoms with van der Waals surface area (Å²) in [6.07, 6.45) is 1.61. The van der Waals surface area contributed by atoms with E-state index in [1.54, 1.807) is 38.1 Å². The normalized spacial score (nSPS) is 11.6. The Morgan fingerprint density at radius 1 is 1.19 bits per heavy atom. The predicted octanol–water partition coefficient (Wildman–Crippen LogP) is 1.71. The minimum absolute atomic E-state index is 0.0912. The first kappa shape index (κ1) is 17.5. The van der Waals surface area contributed by atoms with E-state index in [1.165, 1.54) is 0 Å². The summed E-state index contributed by atoms with van der Waals surface area (Å²) < 4.78 is 25.5. The first-order valence-electron chi connectivity index (χ1n) is 6.95. The van der Waals surface area contributed by atoms with Gasteiger partial charge in [0.05, 0.1) is 5.25 Å². The van der Waals surface area contributed by atoms with E-state index in [0.717, 1.165) is 0 Å². The molecule has 0 aliphatic heterocycles. The number of carbonyl (C=O) groups excluding carboxylic acids is 1. The van der Waals surface area contributed by atoms with Crippen molar-refractivity contribution in [2.45, 2.75) is 38.4 Å². The molecule has 21 heavy (non-hydrogen) atoms. The maximum absolute atomic E-state index is 11.7. The molecule has 0 heterocycles. The minimum atomic E-state index is -3.21. The third-order valence-electron chi connectivity index (χ3n) is 2.95. The van der Waals surface area contributed by atoms with E-state index in [4.69, 9.17) is 5.73 Å². The van der Waals surface area contributed by atoms with Crippen molar-refractivity contribution in [3.63, 3.8) is 0 Å². The van der Waals surface area contributed by atoms with E-state index in [0.29, 0.717) is 37.2 Å². The largest absolute Gasteiger partial charge is 0.399 e. The maximum atomic E-state index is 11.7. The molecule has 6 nitrogen and oxygen atoms in total. The summed E-state index contributed by atoms with van der Waals surface area (Å²) in [5.74, 6) is -0.0912. The smallest absolute Gasteiger partial charge is 0.224 e. The van der Waals surface area contributed by atoms with Crippen LogP contribution in [0.25, 0.3) is 0 Å². The Morgan fingerprint density at radius 2 is 1.81 bits per heavy atom. The highest BCUT2D eigenvalue weighted by Crippen LogP contribution is 2.11. The molecule has 1 aromatic carbocycles. The average Bonchev–Trinajstić information content (AvgIpc) is 2.40. The number of rotatable bonds is 8. The lowest BCUT2D eigenvalue weighted by Crippen LogP contribution is -2.31. The summed E-state index contributed by atoms with van der Waals surface area (Å²) in [6.45, 7) is 3.61. The second-order valence-electron chi connectivity index (χ2n) is 5.12. The molecule has 0 aliphatic carbocycles. The van der Waals surface area contributed by atoms with Crippen LogP contribution in [-0.2, 0) is 14.8 Å². The third kappa shape index (κ3) is 6.59. The molecular weight excluding hydrogens is 290 g/mol. The Bertz CT molecular complexity index is 553. The fourth-order valence-corrected chi connectivity index (χ4v) is 2.34. The van der Waals surface area contributed by atoms with Crippen molar-refractivity contribution in [3.8, 4) is 0 Å². The van der Waals surface area contributed by atoms with Crippen LogP contribution < -0.4 is 15.8 Å². The molecule has 0 radical (unpaired) electrons. The summed E-state index contributed by atoms with van der Waals surface area (Å²) in [5, 5.41) is 2.32. The molecule has 7 heteroatoms. The van der Waals surface area contributed by atoms with Crippen molar-refractivity contribution in [2.24, 2.45) is 0 Å². The third-order valence-corrected chi connectivity index (χ3v) is 4.80. The van der Waals surface area contributed by atoms with Gasteiger partial charge in [0.25, 0.3) is 0 Å². The SMILES string of the molecule is CC(C)S(=O)(=O)NCCCCC(=O)Nc1ccc(N)cc1. The highest BCUT2D eigenvalue weighted by atomic mass is 32.2. The van der Waals surface area contributed by atoms with E-state index >= 15 is 0 Å². The van der Waals surface area contributed by atoms with Gasteiger partial charge in [-0.25, -0.2) is 13.1 Å². The lowest BCUT2D eigenvalue weighted by molar-refractivity contribution is -0.116. The molecule has 0 aliphatic rings. The van der Waals surface area contributed by atoms with Gasteiger partial charge in [0.1, 0.15) is 0 Å². The maximum Gasteiger partial charge on any atom is 0.224 e. The quantitative estimate of drug-likeness (QED) is 0.502. The molecule has 0 atom stereocenters. The number of hydrogen-bond acceptors (Lipinski definition) is 4. The topological polar surface area (TPSA) is 101 Å². The Morgan fingerprint density at radius 3 is 2.38 bits per heavy atom. The lowest BCUT2D eigenvalue weighted by Gasteiger charge is -2.09. The molecule has 0 aromatic heterocycles. The van der Waals surface area contributed by atoms with E-state index in [1.807, 2.05) is 0 Å². The number of unbranched alkanes of at least 4 members (excludes halogenated alkanes) is 1. The number of nitrogens with one attached hydrogen (secondary N) is 2. The van der Waals surface area contributed by atoms with Gasteiger partial charge in [-0.2, -0.15) is 0 Å². The molecule has 0 saturated heterocycles. The fourth-order valence-electron chi connectivity index (χ4n) is 1.58. The molecule has 0 saturated carbocycles. The van der Waals surface area contributed by atoms with Crippen molar-refractivity contribution in [3.05, 3.63) is 24.3 Å². The van der Waals surface area contributed by atoms with E-state index in [2.05, 4.69) is 10.0 Å². The van der Waals surface area contributed by atoms with Crippen LogP contribution in [0.1, 0.15) is 33.1 Å². The molecule has 1 amide bonds. The van der Waals surface area contributed by atoms with Crippen molar-refractivity contribution in [2.75, 3.05) is 17.6 Å². The number of nitrogen functional groups attached to an aromatic ring is 1.